The van der Waals surface area contributed by atoms with E-state index in [0.717, 1.165) is 39.9 Å². The molecular formula is C31H25FN4O4S. The lowest BCUT2D eigenvalue weighted by Crippen LogP contribution is -2.38. The molecule has 1 aliphatic rings. The van der Waals surface area contributed by atoms with Crippen molar-refractivity contribution in [2.45, 2.75) is 19.3 Å². The van der Waals surface area contributed by atoms with E-state index >= 15 is 0 Å². The number of thiazole rings is 1. The molecule has 1 aliphatic heterocycles. The molecule has 0 radical (unpaired) electrons. The second-order valence-electron chi connectivity index (χ2n) is 9.59. The van der Waals surface area contributed by atoms with Crippen LogP contribution < -0.4 is 15.0 Å². The van der Waals surface area contributed by atoms with Crippen molar-refractivity contribution in [3.8, 4) is 17.0 Å². The minimum Gasteiger partial charge on any atom is -0.491 e. The summed E-state index contributed by atoms with van der Waals surface area (Å²) in [5, 5.41) is 13.3. The number of para-hydroxylation sites is 1. The molecule has 0 aliphatic carbocycles. The van der Waals surface area contributed by atoms with Gasteiger partial charge in [0, 0.05) is 24.2 Å². The number of benzene rings is 3. The molecule has 3 heterocycles. The van der Waals surface area contributed by atoms with Crippen LogP contribution in [0.4, 0.5) is 20.0 Å². The van der Waals surface area contributed by atoms with Crippen LogP contribution in [0.5, 0.6) is 5.75 Å². The highest BCUT2D eigenvalue weighted by Crippen LogP contribution is 2.34. The number of aryl methyl sites for hydroxylation is 1. The van der Waals surface area contributed by atoms with Gasteiger partial charge in [-0.15, -0.1) is 0 Å². The number of urea groups is 1. The van der Waals surface area contributed by atoms with E-state index in [0.29, 0.717) is 29.4 Å². The summed E-state index contributed by atoms with van der Waals surface area (Å²) in [5.74, 6) is -1.38. The lowest BCUT2D eigenvalue weighted by atomic mass is 9.98. The van der Waals surface area contributed by atoms with Crippen LogP contribution in [0.2, 0.25) is 0 Å². The average molecular weight is 569 g/mol. The Balaban J connectivity index is 1.22. The first-order valence-corrected chi connectivity index (χ1v) is 14.0. The molecule has 10 heteroatoms. The molecule has 3 aromatic carbocycles. The quantitative estimate of drug-likeness (QED) is 0.224. The molecule has 0 unspecified atom stereocenters. The van der Waals surface area contributed by atoms with Crippen molar-refractivity contribution < 1.29 is 23.8 Å². The Morgan fingerprint density at radius 2 is 1.85 bits per heavy atom. The van der Waals surface area contributed by atoms with Gasteiger partial charge in [-0.2, -0.15) is 0 Å². The van der Waals surface area contributed by atoms with Gasteiger partial charge in [-0.25, -0.2) is 23.9 Å². The number of carboxylic acids is 1. The maximum absolute atomic E-state index is 13.3. The van der Waals surface area contributed by atoms with Crippen molar-refractivity contribution in [1.29, 1.82) is 0 Å². The summed E-state index contributed by atoms with van der Waals surface area (Å²) < 4.78 is 19.9. The summed E-state index contributed by atoms with van der Waals surface area (Å²) in [6.07, 6.45) is 2.14. The van der Waals surface area contributed by atoms with Crippen molar-refractivity contribution in [3.05, 3.63) is 102 Å². The van der Waals surface area contributed by atoms with Gasteiger partial charge in [-0.05, 0) is 66.4 Å². The number of fused-ring (bicyclic) bond motifs is 2. The zero-order chi connectivity index (χ0) is 28.3. The van der Waals surface area contributed by atoms with Crippen LogP contribution in [-0.4, -0.2) is 40.2 Å². The molecule has 0 bridgehead atoms. The fraction of sp³-hybridized carbons (Fsp3) is 0.161. The molecule has 0 spiro atoms. The fourth-order valence-corrected chi connectivity index (χ4v) is 5.69. The number of ether oxygens (including phenoxy) is 1. The number of carbonyl (C=O) groups is 2. The van der Waals surface area contributed by atoms with Gasteiger partial charge in [-0.3, -0.25) is 10.2 Å². The van der Waals surface area contributed by atoms with Crippen molar-refractivity contribution in [1.82, 2.24) is 9.97 Å². The summed E-state index contributed by atoms with van der Waals surface area (Å²) >= 11 is 1.42. The van der Waals surface area contributed by atoms with E-state index in [-0.39, 0.29) is 29.9 Å². The number of hydrogen-bond donors (Lipinski definition) is 2. The van der Waals surface area contributed by atoms with E-state index in [1.807, 2.05) is 42.5 Å². The van der Waals surface area contributed by atoms with E-state index in [9.17, 15) is 19.1 Å². The first kappa shape index (κ1) is 26.4. The standard InChI is InChI=1S/C31H25FN4O4S/c32-22-11-7-19(8-12-22)15-17-40-26-14-13-23(33-28(26)29(37)38)21-10-9-20-4-3-16-36(25(20)18-21)31(39)35-30-34-24-5-1-2-6-27(24)41-30/h1-2,5-14,18H,3-4,15-17H2,(H,37,38)(H,34,35,39). The van der Waals surface area contributed by atoms with Gasteiger partial charge in [-0.1, -0.05) is 47.7 Å². The molecule has 5 aromatic rings. The van der Waals surface area contributed by atoms with Gasteiger partial charge in [0.2, 0.25) is 0 Å². The maximum atomic E-state index is 13.3. The number of nitrogens with one attached hydrogen (secondary N) is 1. The Bertz CT molecular complexity index is 1720. The van der Waals surface area contributed by atoms with Gasteiger partial charge in [0.1, 0.15) is 5.82 Å². The van der Waals surface area contributed by atoms with E-state index < -0.39 is 5.97 Å². The number of carboxylic acid groups (broad SMARTS) is 1. The van der Waals surface area contributed by atoms with Gasteiger partial charge < -0.3 is 9.84 Å². The Morgan fingerprint density at radius 1 is 1.02 bits per heavy atom. The van der Waals surface area contributed by atoms with Crippen LogP contribution in [0, 0.1) is 5.82 Å². The van der Waals surface area contributed by atoms with E-state index in [4.69, 9.17) is 4.74 Å². The third kappa shape index (κ3) is 5.73. The average Bonchev–Trinajstić information content (AvgIpc) is 3.40. The number of hydrogen-bond acceptors (Lipinski definition) is 6. The number of aromatic carboxylic acids is 1. The monoisotopic (exact) mass is 568 g/mol. The topological polar surface area (TPSA) is 105 Å². The van der Waals surface area contributed by atoms with Crippen molar-refractivity contribution >= 4 is 44.4 Å². The van der Waals surface area contributed by atoms with E-state index in [1.54, 1.807) is 29.2 Å². The third-order valence-electron chi connectivity index (χ3n) is 6.87. The number of rotatable bonds is 7. The first-order chi connectivity index (χ1) is 19.9. The Morgan fingerprint density at radius 3 is 2.66 bits per heavy atom. The van der Waals surface area contributed by atoms with Crippen LogP contribution in [0.25, 0.3) is 21.5 Å². The van der Waals surface area contributed by atoms with Crippen LogP contribution in [0.15, 0.2) is 78.9 Å². The molecular weight excluding hydrogens is 543 g/mol. The van der Waals surface area contributed by atoms with Gasteiger partial charge >= 0.3 is 12.0 Å². The summed E-state index contributed by atoms with van der Waals surface area (Å²) in [6.45, 7) is 0.756. The van der Waals surface area contributed by atoms with Crippen molar-refractivity contribution in [2.75, 3.05) is 23.4 Å². The molecule has 2 N–H and O–H groups in total. The number of amides is 2. The SMILES string of the molecule is O=C(O)c1nc(-c2ccc3c(c2)N(C(=O)Nc2nc4ccccc4s2)CCC3)ccc1OCCc1ccc(F)cc1. The third-order valence-corrected chi connectivity index (χ3v) is 7.83. The van der Waals surface area contributed by atoms with E-state index in [1.165, 1.54) is 23.5 Å². The summed E-state index contributed by atoms with van der Waals surface area (Å²) in [5.41, 5.74) is 4.42. The summed E-state index contributed by atoms with van der Waals surface area (Å²) in [6, 6.07) is 22.5. The fourth-order valence-electron chi connectivity index (χ4n) is 4.84. The minimum atomic E-state index is -1.21. The lowest BCUT2D eigenvalue weighted by molar-refractivity contribution is 0.0685. The zero-order valence-electron chi connectivity index (χ0n) is 21.8. The summed E-state index contributed by atoms with van der Waals surface area (Å²) in [4.78, 5) is 35.9. The molecule has 0 saturated carbocycles. The number of carbonyl (C=O) groups excluding carboxylic acids is 1. The molecule has 2 amide bonds. The minimum absolute atomic E-state index is 0.151. The number of aromatic nitrogens is 2. The van der Waals surface area contributed by atoms with Crippen LogP contribution in [0.3, 0.4) is 0 Å². The molecule has 8 nitrogen and oxygen atoms in total. The highest BCUT2D eigenvalue weighted by molar-refractivity contribution is 7.22. The second kappa shape index (κ2) is 11.3. The Labute approximate surface area is 239 Å². The second-order valence-corrected chi connectivity index (χ2v) is 10.6. The maximum Gasteiger partial charge on any atom is 0.358 e. The highest BCUT2D eigenvalue weighted by Gasteiger charge is 2.25. The normalized spacial score (nSPS) is 12.7. The highest BCUT2D eigenvalue weighted by atomic mass is 32.1. The number of anilines is 2. The molecule has 41 heavy (non-hydrogen) atoms. The molecule has 0 saturated heterocycles. The molecule has 2 aromatic heterocycles. The Kier molecular flexibility index (Phi) is 7.30. The smallest absolute Gasteiger partial charge is 0.358 e. The van der Waals surface area contributed by atoms with E-state index in [2.05, 4.69) is 15.3 Å². The number of pyridine rings is 1. The van der Waals surface area contributed by atoms with Crippen molar-refractivity contribution in [2.24, 2.45) is 0 Å². The summed E-state index contributed by atoms with van der Waals surface area (Å²) in [7, 11) is 0. The largest absolute Gasteiger partial charge is 0.491 e. The number of nitrogens with zero attached hydrogens (tertiary/aromatic N) is 3. The predicted molar refractivity (Wildman–Crippen MR) is 157 cm³/mol. The molecule has 6 rings (SSSR count). The van der Waals surface area contributed by atoms with Crippen LogP contribution >= 0.6 is 11.3 Å². The zero-order valence-corrected chi connectivity index (χ0v) is 22.7. The van der Waals surface area contributed by atoms with Crippen LogP contribution in [-0.2, 0) is 12.8 Å². The van der Waals surface area contributed by atoms with Gasteiger partial charge in [0.15, 0.2) is 16.6 Å². The number of halogens is 1. The molecule has 0 fully saturated rings. The van der Waals surface area contributed by atoms with Crippen LogP contribution in [0.1, 0.15) is 28.0 Å². The molecule has 206 valence electrons. The lowest BCUT2D eigenvalue weighted by Gasteiger charge is -2.29. The van der Waals surface area contributed by atoms with Gasteiger partial charge in [0.05, 0.1) is 22.5 Å². The van der Waals surface area contributed by atoms with Gasteiger partial charge in [0.25, 0.3) is 0 Å². The predicted octanol–water partition coefficient (Wildman–Crippen LogP) is 6.80. The van der Waals surface area contributed by atoms with Crippen molar-refractivity contribution in [3.63, 3.8) is 0 Å². The molecule has 0 atom stereocenters. The first-order valence-electron chi connectivity index (χ1n) is 13.1. The Hall–Kier alpha value is -4.83.